The van der Waals surface area contributed by atoms with E-state index in [4.69, 9.17) is 0 Å². The van der Waals surface area contributed by atoms with Gasteiger partial charge in [0.15, 0.2) is 23.3 Å². The molecular weight excluding hydrogens is 261 g/mol. The number of halogens is 5. The molecule has 94 valence electrons. The lowest BCUT2D eigenvalue weighted by Gasteiger charge is -2.16. The molecule has 2 amide bonds. The molecule has 1 aromatic rings. The fraction of sp³-hybridized carbons (Fsp3) is 0. The number of amides is 2. The number of imide groups is 1. The number of nitrogens with zero attached hydrogens (tertiary/aromatic N) is 1. The Morgan fingerprint density at radius 2 is 1.00 bits per heavy atom. The van der Waals surface area contributed by atoms with Gasteiger partial charge in [-0.05, 0) is 0 Å². The van der Waals surface area contributed by atoms with Crippen LogP contribution < -0.4 is 4.90 Å². The number of carbonyl (C=O) groups excluding carboxylic acids is 2. The molecule has 0 fully saturated rings. The topological polar surface area (TPSA) is 37.4 Å². The third kappa shape index (κ3) is 1.49. The van der Waals surface area contributed by atoms with Gasteiger partial charge in [-0.3, -0.25) is 9.59 Å². The number of rotatable bonds is 1. The molecule has 0 bridgehead atoms. The third-order valence-corrected chi connectivity index (χ3v) is 2.22. The van der Waals surface area contributed by atoms with Crippen molar-refractivity contribution in [1.29, 1.82) is 0 Å². The maximum absolute atomic E-state index is 13.3. The Labute approximate surface area is 96.1 Å². The predicted molar refractivity (Wildman–Crippen MR) is 47.9 cm³/mol. The first kappa shape index (κ1) is 12.2. The zero-order valence-corrected chi connectivity index (χ0v) is 8.31. The van der Waals surface area contributed by atoms with Gasteiger partial charge in [-0.15, -0.1) is 0 Å². The number of hydrogen-bond donors (Lipinski definition) is 0. The van der Waals surface area contributed by atoms with Crippen molar-refractivity contribution in [3.8, 4) is 0 Å². The molecule has 0 unspecified atom stereocenters. The quantitative estimate of drug-likeness (QED) is 0.335. The Morgan fingerprint density at radius 3 is 1.39 bits per heavy atom. The summed E-state index contributed by atoms with van der Waals surface area (Å²) in [5.41, 5.74) is -1.58. The first-order valence-electron chi connectivity index (χ1n) is 4.43. The first-order valence-corrected chi connectivity index (χ1v) is 4.43. The van der Waals surface area contributed by atoms with Crippen LogP contribution in [0.2, 0.25) is 0 Å². The van der Waals surface area contributed by atoms with Gasteiger partial charge < -0.3 is 0 Å². The highest BCUT2D eigenvalue weighted by atomic mass is 19.2. The number of benzene rings is 1. The zero-order chi connectivity index (χ0) is 13.6. The number of hydrogen-bond acceptors (Lipinski definition) is 2. The summed E-state index contributed by atoms with van der Waals surface area (Å²) >= 11 is 0. The summed E-state index contributed by atoms with van der Waals surface area (Å²) in [4.78, 5) is 22.2. The van der Waals surface area contributed by atoms with E-state index in [-0.39, 0.29) is 4.90 Å². The lowest BCUT2D eigenvalue weighted by atomic mass is 10.2. The van der Waals surface area contributed by atoms with Crippen molar-refractivity contribution in [1.82, 2.24) is 0 Å². The predicted octanol–water partition coefficient (Wildman–Crippen LogP) is 1.81. The molecule has 0 saturated heterocycles. The van der Waals surface area contributed by atoms with Crippen LogP contribution in [-0.2, 0) is 9.59 Å². The van der Waals surface area contributed by atoms with Gasteiger partial charge in [-0.25, -0.2) is 26.9 Å². The van der Waals surface area contributed by atoms with E-state index in [2.05, 4.69) is 0 Å². The average Bonchev–Trinajstić information content (AvgIpc) is 2.66. The van der Waals surface area contributed by atoms with Crippen LogP contribution in [0.25, 0.3) is 0 Å². The van der Waals surface area contributed by atoms with E-state index in [1.54, 1.807) is 0 Å². The van der Waals surface area contributed by atoms with E-state index >= 15 is 0 Å². The van der Waals surface area contributed by atoms with Crippen molar-refractivity contribution < 1.29 is 31.5 Å². The van der Waals surface area contributed by atoms with Gasteiger partial charge in [0.05, 0.1) is 0 Å². The average molecular weight is 263 g/mol. The van der Waals surface area contributed by atoms with Crippen LogP contribution in [-0.4, -0.2) is 11.8 Å². The van der Waals surface area contributed by atoms with Crippen LogP contribution in [0.3, 0.4) is 0 Å². The molecule has 0 saturated carbocycles. The van der Waals surface area contributed by atoms with Gasteiger partial charge in [-0.2, -0.15) is 0 Å². The van der Waals surface area contributed by atoms with E-state index < -0.39 is 46.6 Å². The van der Waals surface area contributed by atoms with Crippen LogP contribution in [0.5, 0.6) is 0 Å². The zero-order valence-electron chi connectivity index (χ0n) is 8.31. The van der Waals surface area contributed by atoms with Crippen LogP contribution >= 0.6 is 0 Å². The normalized spacial score (nSPS) is 14.8. The summed E-state index contributed by atoms with van der Waals surface area (Å²) in [6, 6.07) is 0. The highest BCUT2D eigenvalue weighted by Gasteiger charge is 2.35. The minimum atomic E-state index is -2.36. The third-order valence-electron chi connectivity index (χ3n) is 2.22. The minimum absolute atomic E-state index is 0.129. The molecule has 1 aliphatic heterocycles. The van der Waals surface area contributed by atoms with Crippen LogP contribution in [0.4, 0.5) is 27.6 Å². The molecule has 2 rings (SSSR count). The van der Waals surface area contributed by atoms with Gasteiger partial charge >= 0.3 is 0 Å². The summed E-state index contributed by atoms with van der Waals surface area (Å²) in [6.45, 7) is 0. The Morgan fingerprint density at radius 1 is 0.667 bits per heavy atom. The second kappa shape index (κ2) is 3.90. The van der Waals surface area contributed by atoms with E-state index in [0.29, 0.717) is 12.2 Å². The van der Waals surface area contributed by atoms with E-state index in [1.165, 1.54) is 0 Å². The number of carbonyl (C=O) groups is 2. The smallest absolute Gasteiger partial charge is 0.258 e. The van der Waals surface area contributed by atoms with Crippen molar-refractivity contribution in [2.45, 2.75) is 0 Å². The Hall–Kier alpha value is -2.25. The monoisotopic (exact) mass is 263 g/mol. The van der Waals surface area contributed by atoms with Crippen molar-refractivity contribution in [3.63, 3.8) is 0 Å². The molecule has 8 heteroatoms. The maximum Gasteiger partial charge on any atom is 0.258 e. The van der Waals surface area contributed by atoms with Gasteiger partial charge in [0, 0.05) is 12.2 Å². The van der Waals surface area contributed by atoms with Crippen LogP contribution in [0, 0.1) is 29.1 Å². The maximum atomic E-state index is 13.3. The first-order chi connectivity index (χ1) is 8.36. The number of anilines is 1. The molecule has 3 nitrogen and oxygen atoms in total. The lowest BCUT2D eigenvalue weighted by Crippen LogP contribution is -2.32. The molecule has 0 radical (unpaired) electrons. The molecule has 0 aliphatic carbocycles. The Balaban J connectivity index is 2.73. The molecule has 18 heavy (non-hydrogen) atoms. The van der Waals surface area contributed by atoms with Gasteiger partial charge in [0.1, 0.15) is 5.69 Å². The fourth-order valence-corrected chi connectivity index (χ4v) is 1.41. The summed E-state index contributed by atoms with van der Waals surface area (Å²) in [7, 11) is 0. The Bertz CT molecular complexity index is 564. The van der Waals surface area contributed by atoms with Crippen molar-refractivity contribution in [2.24, 2.45) is 0 Å². The van der Waals surface area contributed by atoms with Crippen molar-refractivity contribution in [3.05, 3.63) is 41.2 Å². The minimum Gasteiger partial charge on any atom is -0.269 e. The SMILES string of the molecule is O=C1C=CC(=O)N1c1c(F)c(F)c(F)c(F)c1F. The summed E-state index contributed by atoms with van der Waals surface area (Å²) in [5.74, 6) is -13.7. The van der Waals surface area contributed by atoms with Crippen LogP contribution in [0.15, 0.2) is 12.2 Å². The van der Waals surface area contributed by atoms with Gasteiger partial charge in [0.25, 0.3) is 11.8 Å². The highest BCUT2D eigenvalue weighted by Crippen LogP contribution is 2.31. The second-order valence-corrected chi connectivity index (χ2v) is 3.26. The van der Waals surface area contributed by atoms with E-state index in [0.717, 1.165) is 0 Å². The molecule has 0 aromatic heterocycles. The molecule has 0 N–H and O–H groups in total. The molecule has 1 aromatic carbocycles. The van der Waals surface area contributed by atoms with Crippen molar-refractivity contribution in [2.75, 3.05) is 4.90 Å². The fourth-order valence-electron chi connectivity index (χ4n) is 1.41. The summed E-state index contributed by atoms with van der Waals surface area (Å²) < 4.78 is 65.1. The summed E-state index contributed by atoms with van der Waals surface area (Å²) in [5, 5.41) is 0. The summed E-state index contributed by atoms with van der Waals surface area (Å²) in [6.07, 6.45) is 1.31. The molecule has 0 spiro atoms. The lowest BCUT2D eigenvalue weighted by molar-refractivity contribution is -0.120. The second-order valence-electron chi connectivity index (χ2n) is 3.26. The van der Waals surface area contributed by atoms with Gasteiger partial charge in [0.2, 0.25) is 5.82 Å². The Kier molecular flexibility index (Phi) is 2.64. The van der Waals surface area contributed by atoms with E-state index in [1.807, 2.05) is 0 Å². The van der Waals surface area contributed by atoms with Crippen LogP contribution in [0.1, 0.15) is 0 Å². The standard InChI is InChI=1S/C10H2F5NO2/c11-5-6(12)8(14)10(9(15)7(5)13)16-3(17)1-2-4(16)18/h1-2H. The molecule has 1 heterocycles. The van der Waals surface area contributed by atoms with Gasteiger partial charge in [-0.1, -0.05) is 0 Å². The largest absolute Gasteiger partial charge is 0.269 e. The van der Waals surface area contributed by atoms with E-state index in [9.17, 15) is 31.5 Å². The molecule has 1 aliphatic rings. The molecule has 0 atom stereocenters. The molecular formula is C10H2F5NO2. The van der Waals surface area contributed by atoms with Crippen molar-refractivity contribution >= 4 is 17.5 Å². The highest BCUT2D eigenvalue weighted by molar-refractivity contribution is 6.28.